The molecule has 0 saturated carbocycles. The molecule has 0 aliphatic carbocycles. The molecular weight excluding hydrogens is 150 g/mol. The molecule has 0 heterocycles. The minimum Gasteiger partial charge on any atom is -0.450 e. The van der Waals surface area contributed by atoms with Gasteiger partial charge in [0.15, 0.2) is 5.06 Å². The van der Waals surface area contributed by atoms with Crippen LogP contribution in [-0.2, 0) is 9.30 Å². The molecule has 0 spiro atoms. The Bertz CT molecular complexity index is 126. The molecule has 0 fully saturated rings. The second-order valence-electron chi connectivity index (χ2n) is 2.58. The number of hydrogen-bond acceptors (Lipinski definition) is 3. The lowest BCUT2D eigenvalue weighted by Crippen LogP contribution is -2.24. The van der Waals surface area contributed by atoms with Crippen LogP contribution < -0.4 is 0 Å². The number of ether oxygens (including phenoxy) is 1. The van der Waals surface area contributed by atoms with Gasteiger partial charge >= 0.3 is 15.3 Å². The van der Waals surface area contributed by atoms with Crippen LogP contribution in [0.4, 0.5) is 0 Å². The van der Waals surface area contributed by atoms with Crippen LogP contribution in [0.5, 0.6) is 0 Å². The van der Waals surface area contributed by atoms with Crippen molar-refractivity contribution < 1.29 is 14.3 Å². The minimum absolute atomic E-state index is 0.194. The highest BCUT2D eigenvalue weighted by molar-refractivity contribution is 7.48. The second kappa shape index (κ2) is 4.07. The van der Waals surface area contributed by atoms with E-state index in [1.165, 1.54) is 7.11 Å². The number of hydrogen-bond donors (Lipinski definition) is 1. The van der Waals surface area contributed by atoms with Gasteiger partial charge in [-0.15, -0.1) is 0 Å². The van der Waals surface area contributed by atoms with Gasteiger partial charge in [-0.3, -0.25) is 0 Å². The maximum absolute atomic E-state index is 11.1. The fourth-order valence-electron chi connectivity index (χ4n) is 0.348. The molecule has 3 nitrogen and oxygen atoms in total. The van der Waals surface area contributed by atoms with Crippen molar-refractivity contribution in [3.63, 3.8) is 0 Å². The van der Waals surface area contributed by atoms with Gasteiger partial charge in [0.1, 0.15) is 0 Å². The molecule has 0 aromatic rings. The first-order valence-electron chi connectivity index (χ1n) is 2.97. The molecule has 1 N–H and O–H groups in total. The Labute approximate surface area is 62.8 Å². The summed E-state index contributed by atoms with van der Waals surface area (Å²) in [4.78, 5) is 0. The molecule has 10 heavy (non-hydrogen) atoms. The third-order valence-electron chi connectivity index (χ3n) is 1.21. The van der Waals surface area contributed by atoms with Crippen molar-refractivity contribution in [2.45, 2.75) is 18.9 Å². The van der Waals surface area contributed by atoms with E-state index in [2.05, 4.69) is 4.74 Å². The molecule has 0 aromatic carbocycles. The lowest BCUT2D eigenvalue weighted by Gasteiger charge is -2.05. The van der Waals surface area contributed by atoms with Crippen molar-refractivity contribution in [2.75, 3.05) is 13.5 Å². The molecule has 0 saturated heterocycles. The number of methoxy groups -OCH3 is 1. The van der Waals surface area contributed by atoms with Gasteiger partial charge in [-0.1, -0.05) is 4.57 Å². The third-order valence-corrected chi connectivity index (χ3v) is 3.10. The molecule has 0 aliphatic rings. The van der Waals surface area contributed by atoms with E-state index in [0.29, 0.717) is 0 Å². The van der Waals surface area contributed by atoms with Crippen LogP contribution in [0.3, 0.4) is 0 Å². The maximum Gasteiger partial charge on any atom is 0.366 e. The largest absolute Gasteiger partial charge is 0.450 e. The van der Waals surface area contributed by atoms with Crippen LogP contribution >= 0.6 is 7.80 Å². The summed E-state index contributed by atoms with van der Waals surface area (Å²) in [5.41, 5.74) is 0. The average molecular weight is 162 g/mol. The summed E-state index contributed by atoms with van der Waals surface area (Å²) in [6, 6.07) is 0. The third kappa shape index (κ3) is 2.78. The number of rotatable bonds is 4. The Morgan fingerprint density at radius 2 is 2.20 bits per heavy atom. The van der Waals surface area contributed by atoms with Gasteiger partial charge in [0.25, 0.3) is 0 Å². The van der Waals surface area contributed by atoms with Crippen LogP contribution in [-0.4, -0.2) is 31.0 Å². The van der Waals surface area contributed by atoms with Gasteiger partial charge in [-0.05, 0) is 13.8 Å². The van der Waals surface area contributed by atoms with E-state index in [4.69, 9.17) is 5.02 Å². The highest BCUT2D eigenvalue weighted by Gasteiger charge is 2.39. The molecule has 0 amide bonds. The van der Waals surface area contributed by atoms with E-state index in [0.717, 1.165) is 7.48 Å². The predicted molar refractivity (Wildman–Crippen MR) is 41.5 cm³/mol. The fourth-order valence-corrected chi connectivity index (χ4v) is 1.04. The molecule has 1 radical (unpaired) electrons. The van der Waals surface area contributed by atoms with Crippen molar-refractivity contribution in [2.24, 2.45) is 0 Å². The van der Waals surface area contributed by atoms with Crippen LogP contribution in [0.25, 0.3) is 0 Å². The van der Waals surface area contributed by atoms with Gasteiger partial charge < -0.3 is 9.76 Å². The summed E-state index contributed by atoms with van der Waals surface area (Å²) in [5.74, 6) is 0. The Morgan fingerprint density at radius 1 is 1.70 bits per heavy atom. The molecule has 1 atom stereocenters. The monoisotopic (exact) mass is 162 g/mol. The zero-order valence-electron chi connectivity index (χ0n) is 6.50. The maximum atomic E-state index is 11.1. The first kappa shape index (κ1) is 10.1. The van der Waals surface area contributed by atoms with E-state index in [1.807, 2.05) is 0 Å². The quantitative estimate of drug-likeness (QED) is 0.490. The SMILES string of the molecule is COC[P+](=O)C(C)(C)[B]O. The molecule has 57 valence electrons. The standard InChI is InChI=1S/C5H12BO3P/c1-5(2,6-7)10(8)4-9-3/h7H,4H2,1-3H3/q+1. The molecule has 0 aliphatic heterocycles. The van der Waals surface area contributed by atoms with Crippen LogP contribution in [0.15, 0.2) is 0 Å². The summed E-state index contributed by atoms with van der Waals surface area (Å²) >= 11 is 0. The summed E-state index contributed by atoms with van der Waals surface area (Å²) < 4.78 is 15.8. The second-order valence-corrected chi connectivity index (χ2v) is 4.75. The van der Waals surface area contributed by atoms with Gasteiger partial charge in [0.2, 0.25) is 6.35 Å². The Balaban J connectivity index is 3.91. The van der Waals surface area contributed by atoms with E-state index in [9.17, 15) is 4.57 Å². The molecule has 0 aromatic heterocycles. The Kier molecular flexibility index (Phi) is 4.10. The highest BCUT2D eigenvalue weighted by Crippen LogP contribution is 2.36. The van der Waals surface area contributed by atoms with Gasteiger partial charge in [0, 0.05) is 7.11 Å². The first-order valence-corrected chi connectivity index (χ1v) is 4.41. The lowest BCUT2D eigenvalue weighted by molar-refractivity contribution is 0.250. The van der Waals surface area contributed by atoms with E-state index in [-0.39, 0.29) is 6.35 Å². The van der Waals surface area contributed by atoms with Crippen molar-refractivity contribution in [3.8, 4) is 0 Å². The van der Waals surface area contributed by atoms with Crippen molar-refractivity contribution in [3.05, 3.63) is 0 Å². The zero-order valence-corrected chi connectivity index (χ0v) is 7.39. The fraction of sp³-hybridized carbons (Fsp3) is 1.00. The predicted octanol–water partition coefficient (Wildman–Crippen LogP) is 0.765. The first-order chi connectivity index (χ1) is 4.54. The van der Waals surface area contributed by atoms with E-state index in [1.54, 1.807) is 13.8 Å². The minimum atomic E-state index is -1.50. The van der Waals surface area contributed by atoms with Crippen LogP contribution in [0.2, 0.25) is 0 Å². The summed E-state index contributed by atoms with van der Waals surface area (Å²) in [5, 5.41) is 7.99. The normalized spacial score (nSPS) is 13.0. The van der Waals surface area contributed by atoms with Crippen molar-refractivity contribution >= 4 is 15.3 Å². The van der Waals surface area contributed by atoms with Crippen molar-refractivity contribution in [1.29, 1.82) is 0 Å². The summed E-state index contributed by atoms with van der Waals surface area (Å²) in [6.07, 6.45) is 0.194. The van der Waals surface area contributed by atoms with E-state index < -0.39 is 12.9 Å². The Hall–Kier alpha value is 0.0849. The van der Waals surface area contributed by atoms with Crippen LogP contribution in [0, 0.1) is 0 Å². The molecular formula is C5H12BO3P+. The topological polar surface area (TPSA) is 46.5 Å². The van der Waals surface area contributed by atoms with E-state index >= 15 is 0 Å². The van der Waals surface area contributed by atoms with Gasteiger partial charge in [0.05, 0.1) is 0 Å². The Morgan fingerprint density at radius 3 is 2.50 bits per heavy atom. The molecule has 5 heteroatoms. The average Bonchev–Trinajstić information content (AvgIpc) is 1.89. The van der Waals surface area contributed by atoms with Crippen molar-refractivity contribution in [1.82, 2.24) is 0 Å². The van der Waals surface area contributed by atoms with Gasteiger partial charge in [-0.25, -0.2) is 0 Å². The molecule has 0 rings (SSSR count). The molecule has 0 bridgehead atoms. The molecule has 1 unspecified atom stereocenters. The van der Waals surface area contributed by atoms with Crippen LogP contribution in [0.1, 0.15) is 13.8 Å². The zero-order chi connectivity index (χ0) is 8.20. The summed E-state index contributed by atoms with van der Waals surface area (Å²) in [6.45, 7) is 3.40. The van der Waals surface area contributed by atoms with Gasteiger partial charge in [-0.2, -0.15) is 0 Å². The summed E-state index contributed by atoms with van der Waals surface area (Å²) in [7, 11) is 0.934. The lowest BCUT2D eigenvalue weighted by atomic mass is 9.83. The highest BCUT2D eigenvalue weighted by atomic mass is 31.1. The smallest absolute Gasteiger partial charge is 0.366 e.